The van der Waals surface area contributed by atoms with Gasteiger partial charge in [0.1, 0.15) is 0 Å². The molecule has 166 valence electrons. The lowest BCUT2D eigenvalue weighted by atomic mass is 10.2. The Balaban J connectivity index is 1.90. The van der Waals surface area contributed by atoms with Gasteiger partial charge in [-0.05, 0) is 55.5 Å². The van der Waals surface area contributed by atoms with E-state index in [0.29, 0.717) is 18.7 Å². The summed E-state index contributed by atoms with van der Waals surface area (Å²) in [6, 6.07) is 10.6. The third-order valence-electron chi connectivity index (χ3n) is 5.14. The smallest absolute Gasteiger partial charge is 0.337 e. The predicted molar refractivity (Wildman–Crippen MR) is 121 cm³/mol. The molecule has 1 aliphatic heterocycles. The average molecular weight is 463 g/mol. The molecule has 1 fully saturated rings. The van der Waals surface area contributed by atoms with Gasteiger partial charge < -0.3 is 9.64 Å². The van der Waals surface area contributed by atoms with E-state index in [1.807, 2.05) is 11.2 Å². The van der Waals surface area contributed by atoms with Gasteiger partial charge in [0.15, 0.2) is 0 Å². The van der Waals surface area contributed by atoms with Gasteiger partial charge in [-0.25, -0.2) is 13.2 Å². The monoisotopic (exact) mass is 462 g/mol. The molecule has 1 aliphatic rings. The van der Waals surface area contributed by atoms with Crippen molar-refractivity contribution in [2.24, 2.45) is 0 Å². The Morgan fingerprint density at radius 1 is 1.03 bits per heavy atom. The lowest BCUT2D eigenvalue weighted by Crippen LogP contribution is -2.32. The number of carbonyl (C=O) groups excluding carboxylic acids is 2. The first-order valence-electron chi connectivity index (χ1n) is 10.0. The Morgan fingerprint density at radius 3 is 2.39 bits per heavy atom. The van der Waals surface area contributed by atoms with Crippen LogP contribution in [0.2, 0.25) is 0 Å². The minimum absolute atomic E-state index is 0.00746. The van der Waals surface area contributed by atoms with Crippen LogP contribution < -0.4 is 4.72 Å². The molecular weight excluding hydrogens is 436 g/mol. The summed E-state index contributed by atoms with van der Waals surface area (Å²) in [5.41, 5.74) is 0.857. The molecule has 0 radical (unpaired) electrons. The summed E-state index contributed by atoms with van der Waals surface area (Å²) in [4.78, 5) is 27.4. The number of esters is 1. The maximum absolute atomic E-state index is 13.2. The van der Waals surface area contributed by atoms with Crippen LogP contribution in [-0.2, 0) is 14.8 Å². The highest BCUT2D eigenvalue weighted by atomic mass is 32.2. The maximum atomic E-state index is 13.2. The number of nitrogens with zero attached hydrogens (tertiary/aromatic N) is 1. The molecule has 0 saturated carbocycles. The topological polar surface area (TPSA) is 92.8 Å². The quantitative estimate of drug-likeness (QED) is 0.515. The minimum Gasteiger partial charge on any atom is -0.465 e. The van der Waals surface area contributed by atoms with Gasteiger partial charge >= 0.3 is 5.97 Å². The molecule has 3 rings (SSSR count). The fourth-order valence-corrected chi connectivity index (χ4v) is 5.15. The molecular formula is C22H26N2O5S2. The molecule has 1 heterocycles. The van der Waals surface area contributed by atoms with Crippen molar-refractivity contribution < 1.29 is 22.7 Å². The van der Waals surface area contributed by atoms with E-state index in [1.165, 1.54) is 43.1 Å². The molecule has 0 bridgehead atoms. The first-order valence-corrected chi connectivity index (χ1v) is 12.7. The number of carbonyl (C=O) groups is 2. The second kappa shape index (κ2) is 10.2. The zero-order valence-electron chi connectivity index (χ0n) is 17.6. The average Bonchev–Trinajstić information content (AvgIpc) is 3.07. The summed E-state index contributed by atoms with van der Waals surface area (Å²) in [7, 11) is -2.70. The minimum atomic E-state index is -3.96. The molecule has 1 saturated heterocycles. The number of amides is 1. The van der Waals surface area contributed by atoms with Gasteiger partial charge in [-0.2, -0.15) is 0 Å². The lowest BCUT2D eigenvalue weighted by molar-refractivity contribution is 0.0600. The van der Waals surface area contributed by atoms with Crippen molar-refractivity contribution in [3.8, 4) is 0 Å². The number of hydrogen-bond donors (Lipinski definition) is 1. The largest absolute Gasteiger partial charge is 0.465 e. The Bertz CT molecular complexity index is 1060. The summed E-state index contributed by atoms with van der Waals surface area (Å²) in [6.45, 7) is 1.37. The molecule has 0 unspecified atom stereocenters. The van der Waals surface area contributed by atoms with Crippen molar-refractivity contribution >= 4 is 39.3 Å². The third kappa shape index (κ3) is 5.59. The number of likely N-dealkylation sites (tertiary alicyclic amines) is 1. The van der Waals surface area contributed by atoms with Crippen LogP contribution in [0.5, 0.6) is 0 Å². The van der Waals surface area contributed by atoms with Crippen LogP contribution in [-0.4, -0.2) is 51.6 Å². The summed E-state index contributed by atoms with van der Waals surface area (Å²) in [5, 5.41) is 0. The molecule has 31 heavy (non-hydrogen) atoms. The Hall–Kier alpha value is -2.52. The van der Waals surface area contributed by atoms with Crippen molar-refractivity contribution in [2.75, 3.05) is 31.2 Å². The first kappa shape index (κ1) is 23.1. The number of hydrogen-bond acceptors (Lipinski definition) is 6. The van der Waals surface area contributed by atoms with Crippen LogP contribution in [0.15, 0.2) is 52.3 Å². The van der Waals surface area contributed by atoms with Crippen LogP contribution in [0.25, 0.3) is 0 Å². The number of benzene rings is 2. The predicted octanol–water partition coefficient (Wildman–Crippen LogP) is 4.01. The summed E-state index contributed by atoms with van der Waals surface area (Å²) < 4.78 is 33.2. The Morgan fingerprint density at radius 2 is 1.74 bits per heavy atom. The van der Waals surface area contributed by atoms with Crippen molar-refractivity contribution in [3.05, 3.63) is 53.6 Å². The molecule has 0 aromatic heterocycles. The van der Waals surface area contributed by atoms with E-state index in [1.54, 1.807) is 18.2 Å². The number of rotatable bonds is 6. The molecule has 2 aromatic rings. The van der Waals surface area contributed by atoms with Crippen molar-refractivity contribution in [1.82, 2.24) is 4.90 Å². The highest BCUT2D eigenvalue weighted by molar-refractivity contribution is 7.98. The summed E-state index contributed by atoms with van der Waals surface area (Å²) in [6.07, 6.45) is 5.97. The van der Waals surface area contributed by atoms with E-state index in [-0.39, 0.29) is 22.1 Å². The normalized spacial score (nSPS) is 14.6. The molecule has 1 N–H and O–H groups in total. The van der Waals surface area contributed by atoms with Gasteiger partial charge in [-0.1, -0.05) is 18.9 Å². The van der Waals surface area contributed by atoms with Crippen LogP contribution in [0.1, 0.15) is 46.4 Å². The number of anilines is 1. The summed E-state index contributed by atoms with van der Waals surface area (Å²) in [5.74, 6) is -0.702. The number of sulfonamides is 1. The van der Waals surface area contributed by atoms with E-state index in [2.05, 4.69) is 9.46 Å². The fourth-order valence-electron chi connectivity index (χ4n) is 3.51. The SMILES string of the molecule is COC(=O)c1cccc(NS(=O)(=O)c2ccc(SC)c(C(=O)N3CCCCCC3)c2)c1. The number of thioether (sulfide) groups is 1. The van der Waals surface area contributed by atoms with E-state index < -0.39 is 16.0 Å². The molecule has 2 aromatic carbocycles. The van der Waals surface area contributed by atoms with Gasteiger partial charge in [-0.15, -0.1) is 11.8 Å². The zero-order valence-corrected chi connectivity index (χ0v) is 19.2. The van der Waals surface area contributed by atoms with Gasteiger partial charge in [0.05, 0.1) is 23.1 Å². The number of methoxy groups -OCH3 is 1. The lowest BCUT2D eigenvalue weighted by Gasteiger charge is -2.22. The molecule has 0 atom stereocenters. The van der Waals surface area contributed by atoms with E-state index >= 15 is 0 Å². The van der Waals surface area contributed by atoms with Gasteiger partial charge in [0, 0.05) is 23.7 Å². The molecule has 0 aliphatic carbocycles. The fraction of sp³-hybridized carbons (Fsp3) is 0.364. The van der Waals surface area contributed by atoms with Gasteiger partial charge in [-0.3, -0.25) is 9.52 Å². The van der Waals surface area contributed by atoms with Crippen LogP contribution in [0.3, 0.4) is 0 Å². The highest BCUT2D eigenvalue weighted by Gasteiger charge is 2.23. The van der Waals surface area contributed by atoms with Crippen LogP contribution >= 0.6 is 11.8 Å². The highest BCUT2D eigenvalue weighted by Crippen LogP contribution is 2.27. The van der Waals surface area contributed by atoms with Crippen LogP contribution in [0, 0.1) is 0 Å². The van der Waals surface area contributed by atoms with E-state index in [0.717, 1.165) is 30.6 Å². The molecule has 9 heteroatoms. The second-order valence-electron chi connectivity index (χ2n) is 7.25. The second-order valence-corrected chi connectivity index (χ2v) is 9.78. The van der Waals surface area contributed by atoms with Crippen molar-refractivity contribution in [1.29, 1.82) is 0 Å². The number of nitrogens with one attached hydrogen (secondary N) is 1. The first-order chi connectivity index (χ1) is 14.9. The summed E-state index contributed by atoms with van der Waals surface area (Å²) >= 11 is 1.41. The van der Waals surface area contributed by atoms with Gasteiger partial charge in [0.25, 0.3) is 15.9 Å². The maximum Gasteiger partial charge on any atom is 0.337 e. The third-order valence-corrected chi connectivity index (χ3v) is 7.32. The van der Waals surface area contributed by atoms with Crippen molar-refractivity contribution in [3.63, 3.8) is 0 Å². The molecule has 7 nitrogen and oxygen atoms in total. The van der Waals surface area contributed by atoms with E-state index in [4.69, 9.17) is 0 Å². The Labute approximate surface area is 187 Å². The van der Waals surface area contributed by atoms with Gasteiger partial charge in [0.2, 0.25) is 0 Å². The van der Waals surface area contributed by atoms with Crippen molar-refractivity contribution in [2.45, 2.75) is 35.5 Å². The molecule has 0 spiro atoms. The number of ether oxygens (including phenoxy) is 1. The zero-order chi connectivity index (χ0) is 22.4. The molecule has 1 amide bonds. The Kier molecular flexibility index (Phi) is 7.61. The van der Waals surface area contributed by atoms with E-state index in [9.17, 15) is 18.0 Å². The standard InChI is InChI=1S/C22H26N2O5S2/c1-29-22(26)16-8-7-9-17(14-16)23-31(27,28)18-10-11-20(30-2)19(15-18)21(25)24-12-5-3-4-6-13-24/h7-11,14-15,23H,3-6,12-13H2,1-2H3. The van der Waals surface area contributed by atoms with Crippen LogP contribution in [0.4, 0.5) is 5.69 Å².